The molecule has 2 aromatic heterocycles. The standard InChI is InChI=1S/C16H17FN6O2/c17-11-16(3-4-16)22-8-7-21(14(24)15(22)25)10-12-1-2-13(18-9-12)23-6-5-19-20-23/h1-2,5-6,9H,3-4,7-8,10-11H2. The summed E-state index contributed by atoms with van der Waals surface area (Å²) in [5.74, 6) is -0.563. The molecule has 0 spiro atoms. The molecule has 0 unspecified atom stereocenters. The first-order valence-corrected chi connectivity index (χ1v) is 8.11. The van der Waals surface area contributed by atoms with Crippen LogP contribution in [0.25, 0.3) is 5.82 Å². The minimum atomic E-state index is -0.722. The van der Waals surface area contributed by atoms with E-state index in [1.807, 2.05) is 6.07 Å². The van der Waals surface area contributed by atoms with E-state index in [2.05, 4.69) is 15.3 Å². The van der Waals surface area contributed by atoms with Crippen LogP contribution in [0.2, 0.25) is 0 Å². The zero-order valence-electron chi connectivity index (χ0n) is 13.5. The Morgan fingerprint density at radius 3 is 2.60 bits per heavy atom. The molecule has 1 aliphatic carbocycles. The molecule has 4 rings (SSSR count). The summed E-state index contributed by atoms with van der Waals surface area (Å²) in [5, 5.41) is 7.58. The minimum Gasteiger partial charge on any atom is -0.328 e. The Morgan fingerprint density at radius 2 is 2.00 bits per heavy atom. The van der Waals surface area contributed by atoms with Gasteiger partial charge in [0.1, 0.15) is 6.67 Å². The van der Waals surface area contributed by atoms with Crippen LogP contribution in [0.5, 0.6) is 0 Å². The van der Waals surface area contributed by atoms with E-state index < -0.39 is 24.0 Å². The smallest absolute Gasteiger partial charge is 0.312 e. The number of hydrogen-bond acceptors (Lipinski definition) is 5. The molecule has 3 heterocycles. The van der Waals surface area contributed by atoms with Crippen LogP contribution < -0.4 is 0 Å². The molecule has 1 saturated heterocycles. The highest BCUT2D eigenvalue weighted by molar-refractivity contribution is 6.35. The fourth-order valence-corrected chi connectivity index (χ4v) is 3.09. The quantitative estimate of drug-likeness (QED) is 0.730. The highest BCUT2D eigenvalue weighted by Crippen LogP contribution is 2.42. The summed E-state index contributed by atoms with van der Waals surface area (Å²) >= 11 is 0. The summed E-state index contributed by atoms with van der Waals surface area (Å²) in [6.45, 7) is 0.488. The zero-order valence-corrected chi connectivity index (χ0v) is 13.5. The van der Waals surface area contributed by atoms with Crippen LogP contribution in [0.4, 0.5) is 4.39 Å². The molecule has 2 fully saturated rings. The Balaban J connectivity index is 1.43. The lowest BCUT2D eigenvalue weighted by molar-refractivity contribution is -0.159. The second-order valence-corrected chi connectivity index (χ2v) is 6.41. The average Bonchev–Trinajstić information content (AvgIpc) is 3.23. The van der Waals surface area contributed by atoms with Crippen LogP contribution in [-0.4, -0.2) is 66.9 Å². The van der Waals surface area contributed by atoms with Crippen LogP contribution in [0.1, 0.15) is 18.4 Å². The molecule has 0 aromatic carbocycles. The van der Waals surface area contributed by atoms with Gasteiger partial charge in [-0.2, -0.15) is 0 Å². The van der Waals surface area contributed by atoms with E-state index in [1.165, 1.54) is 14.5 Å². The van der Waals surface area contributed by atoms with Gasteiger partial charge in [-0.1, -0.05) is 11.3 Å². The number of hydrogen-bond donors (Lipinski definition) is 0. The van der Waals surface area contributed by atoms with E-state index in [0.717, 1.165) is 5.56 Å². The summed E-state index contributed by atoms with van der Waals surface area (Å²) in [4.78, 5) is 31.9. The van der Waals surface area contributed by atoms with Crippen LogP contribution in [0.3, 0.4) is 0 Å². The van der Waals surface area contributed by atoms with Crippen molar-refractivity contribution >= 4 is 11.8 Å². The SMILES string of the molecule is O=C1C(=O)N(C2(CF)CC2)CCN1Cc1ccc(-n2ccnn2)nc1. The summed E-state index contributed by atoms with van der Waals surface area (Å²) < 4.78 is 14.7. The van der Waals surface area contributed by atoms with Crippen molar-refractivity contribution in [2.75, 3.05) is 19.8 Å². The topological polar surface area (TPSA) is 84.2 Å². The third-order valence-corrected chi connectivity index (χ3v) is 4.80. The number of pyridine rings is 1. The number of halogens is 1. The Morgan fingerprint density at radius 1 is 1.16 bits per heavy atom. The lowest BCUT2D eigenvalue weighted by atomic mass is 10.1. The monoisotopic (exact) mass is 344 g/mol. The minimum absolute atomic E-state index is 0.297. The fraction of sp³-hybridized carbons (Fsp3) is 0.438. The molecule has 8 nitrogen and oxygen atoms in total. The van der Waals surface area contributed by atoms with E-state index >= 15 is 0 Å². The first kappa shape index (κ1) is 15.7. The molecule has 2 amide bonds. The summed E-state index contributed by atoms with van der Waals surface area (Å²) in [5.41, 5.74) is 0.0879. The summed E-state index contributed by atoms with van der Waals surface area (Å²) in [6, 6.07) is 3.60. The maximum atomic E-state index is 13.2. The molecule has 0 atom stereocenters. The predicted molar refractivity (Wildman–Crippen MR) is 84.2 cm³/mol. The van der Waals surface area contributed by atoms with Crippen LogP contribution in [0.15, 0.2) is 30.7 Å². The molecular formula is C16H17FN6O2. The van der Waals surface area contributed by atoms with Crippen molar-refractivity contribution in [2.45, 2.75) is 24.9 Å². The molecule has 9 heteroatoms. The molecule has 130 valence electrons. The van der Waals surface area contributed by atoms with Crippen molar-refractivity contribution < 1.29 is 14.0 Å². The van der Waals surface area contributed by atoms with E-state index in [0.29, 0.717) is 38.3 Å². The van der Waals surface area contributed by atoms with E-state index in [4.69, 9.17) is 0 Å². The fourth-order valence-electron chi connectivity index (χ4n) is 3.09. The zero-order chi connectivity index (χ0) is 17.4. The number of alkyl halides is 1. The number of nitrogens with zero attached hydrogens (tertiary/aromatic N) is 6. The molecule has 2 aromatic rings. The van der Waals surface area contributed by atoms with Gasteiger partial charge in [-0.15, -0.1) is 5.10 Å². The van der Waals surface area contributed by atoms with Crippen molar-refractivity contribution in [3.63, 3.8) is 0 Å². The Kier molecular flexibility index (Phi) is 3.70. The van der Waals surface area contributed by atoms with Gasteiger partial charge >= 0.3 is 11.8 Å². The van der Waals surface area contributed by atoms with Gasteiger partial charge in [0.2, 0.25) is 0 Å². The molecule has 0 bridgehead atoms. The molecular weight excluding hydrogens is 327 g/mol. The lowest BCUT2D eigenvalue weighted by Crippen LogP contribution is -2.58. The van der Waals surface area contributed by atoms with Crippen molar-refractivity contribution in [1.82, 2.24) is 29.8 Å². The van der Waals surface area contributed by atoms with Crippen molar-refractivity contribution in [3.05, 3.63) is 36.3 Å². The number of carbonyl (C=O) groups excluding carboxylic acids is 2. The molecule has 1 saturated carbocycles. The van der Waals surface area contributed by atoms with Gasteiger partial charge in [0.05, 0.1) is 17.9 Å². The normalized spacial score (nSPS) is 19.4. The molecule has 0 N–H and O–H groups in total. The molecule has 25 heavy (non-hydrogen) atoms. The average molecular weight is 344 g/mol. The number of amides is 2. The Labute approximate surface area is 143 Å². The molecule has 1 aliphatic heterocycles. The number of rotatable bonds is 5. The van der Waals surface area contributed by atoms with Gasteiger partial charge in [-0.25, -0.2) is 14.1 Å². The van der Waals surface area contributed by atoms with Gasteiger partial charge in [0.15, 0.2) is 5.82 Å². The van der Waals surface area contributed by atoms with Gasteiger partial charge < -0.3 is 9.80 Å². The summed E-state index contributed by atoms with van der Waals surface area (Å²) in [6.07, 6.45) is 6.16. The molecule has 0 radical (unpaired) electrons. The van der Waals surface area contributed by atoms with Crippen LogP contribution >= 0.6 is 0 Å². The highest BCUT2D eigenvalue weighted by atomic mass is 19.1. The lowest BCUT2D eigenvalue weighted by Gasteiger charge is -2.37. The first-order valence-electron chi connectivity index (χ1n) is 8.11. The maximum Gasteiger partial charge on any atom is 0.312 e. The second-order valence-electron chi connectivity index (χ2n) is 6.41. The van der Waals surface area contributed by atoms with Crippen molar-refractivity contribution in [3.8, 4) is 5.82 Å². The Hall–Kier alpha value is -2.84. The predicted octanol–water partition coefficient (Wildman–Crippen LogP) is 0.335. The van der Waals surface area contributed by atoms with Crippen molar-refractivity contribution in [1.29, 1.82) is 0 Å². The molecule has 2 aliphatic rings. The van der Waals surface area contributed by atoms with Gasteiger partial charge in [-0.3, -0.25) is 9.59 Å². The van der Waals surface area contributed by atoms with Crippen molar-refractivity contribution in [2.24, 2.45) is 0 Å². The van der Waals surface area contributed by atoms with Gasteiger partial charge in [0, 0.05) is 25.8 Å². The third kappa shape index (κ3) is 2.75. The largest absolute Gasteiger partial charge is 0.328 e. The number of aromatic nitrogens is 4. The van der Waals surface area contributed by atoms with Gasteiger partial charge in [0.25, 0.3) is 0 Å². The number of piperazine rings is 1. The van der Waals surface area contributed by atoms with Crippen LogP contribution in [0, 0.1) is 0 Å². The highest BCUT2D eigenvalue weighted by Gasteiger charge is 2.53. The van der Waals surface area contributed by atoms with E-state index in [9.17, 15) is 14.0 Å². The van der Waals surface area contributed by atoms with E-state index in [1.54, 1.807) is 24.7 Å². The van der Waals surface area contributed by atoms with E-state index in [-0.39, 0.29) is 0 Å². The third-order valence-electron chi connectivity index (χ3n) is 4.80. The Bertz CT molecular complexity index is 787. The van der Waals surface area contributed by atoms with Gasteiger partial charge in [-0.05, 0) is 24.5 Å². The van der Waals surface area contributed by atoms with Crippen LogP contribution in [-0.2, 0) is 16.1 Å². The number of carbonyl (C=O) groups is 2. The first-order chi connectivity index (χ1) is 12.1. The second kappa shape index (κ2) is 5.91. The summed E-state index contributed by atoms with van der Waals surface area (Å²) in [7, 11) is 0. The maximum absolute atomic E-state index is 13.2.